The molecule has 0 fully saturated rings. The second-order valence-corrected chi connectivity index (χ2v) is 3.64. The van der Waals surface area contributed by atoms with E-state index in [1.807, 2.05) is 6.07 Å². The highest BCUT2D eigenvalue weighted by Gasteiger charge is 2.30. The van der Waals surface area contributed by atoms with E-state index >= 15 is 0 Å². The minimum atomic E-state index is -4.30. The van der Waals surface area contributed by atoms with Crippen LogP contribution < -0.4 is 10.6 Å². The first kappa shape index (κ1) is 13.3. The average molecular weight is 243 g/mol. The second kappa shape index (κ2) is 5.06. The molecule has 0 atom stereocenters. The van der Waals surface area contributed by atoms with Gasteiger partial charge in [-0.25, -0.2) is 0 Å². The fourth-order valence-electron chi connectivity index (χ4n) is 1.49. The molecule has 17 heavy (non-hydrogen) atoms. The lowest BCUT2D eigenvalue weighted by Crippen LogP contribution is -2.31. The maximum absolute atomic E-state index is 12.2. The van der Waals surface area contributed by atoms with Gasteiger partial charge in [0.25, 0.3) is 0 Å². The Morgan fingerprint density at radius 2 is 2.06 bits per heavy atom. The number of rotatable bonds is 3. The SMILES string of the molecule is CN(CC(F)(F)F)c1ccc(CN)cc1C#N. The van der Waals surface area contributed by atoms with Crippen LogP contribution in [0.1, 0.15) is 11.1 Å². The summed E-state index contributed by atoms with van der Waals surface area (Å²) in [5.41, 5.74) is 6.56. The predicted molar refractivity (Wildman–Crippen MR) is 58.4 cm³/mol. The molecule has 0 aliphatic heterocycles. The van der Waals surface area contributed by atoms with Crippen LogP contribution in [0.25, 0.3) is 0 Å². The van der Waals surface area contributed by atoms with Crippen molar-refractivity contribution in [1.82, 2.24) is 0 Å². The zero-order valence-electron chi connectivity index (χ0n) is 9.25. The zero-order valence-corrected chi connectivity index (χ0v) is 9.25. The smallest absolute Gasteiger partial charge is 0.365 e. The van der Waals surface area contributed by atoms with Gasteiger partial charge in [-0.05, 0) is 17.7 Å². The molecule has 0 saturated carbocycles. The Morgan fingerprint density at radius 3 is 2.53 bits per heavy atom. The third kappa shape index (κ3) is 3.64. The van der Waals surface area contributed by atoms with Gasteiger partial charge in [-0.1, -0.05) is 6.07 Å². The molecule has 3 nitrogen and oxygen atoms in total. The van der Waals surface area contributed by atoms with Gasteiger partial charge in [-0.2, -0.15) is 18.4 Å². The van der Waals surface area contributed by atoms with Gasteiger partial charge in [0.2, 0.25) is 0 Å². The maximum Gasteiger partial charge on any atom is 0.405 e. The van der Waals surface area contributed by atoms with E-state index in [-0.39, 0.29) is 17.8 Å². The Labute approximate surface area is 97.2 Å². The molecule has 0 aliphatic carbocycles. The molecule has 1 aromatic carbocycles. The second-order valence-electron chi connectivity index (χ2n) is 3.64. The summed E-state index contributed by atoms with van der Waals surface area (Å²) in [5.74, 6) is 0. The first-order valence-electron chi connectivity index (χ1n) is 4.88. The van der Waals surface area contributed by atoms with Crippen LogP contribution in [0.3, 0.4) is 0 Å². The number of nitrogens with zero attached hydrogens (tertiary/aromatic N) is 2. The van der Waals surface area contributed by atoms with Crippen LogP contribution in [-0.2, 0) is 6.54 Å². The molecule has 0 aromatic heterocycles. The summed E-state index contributed by atoms with van der Waals surface area (Å²) in [6.45, 7) is -0.846. The highest BCUT2D eigenvalue weighted by molar-refractivity contribution is 5.60. The lowest BCUT2D eigenvalue weighted by molar-refractivity contribution is -0.119. The number of hydrogen-bond donors (Lipinski definition) is 1. The van der Waals surface area contributed by atoms with Gasteiger partial charge < -0.3 is 10.6 Å². The van der Waals surface area contributed by atoms with E-state index in [0.29, 0.717) is 5.56 Å². The van der Waals surface area contributed by atoms with Crippen LogP contribution in [-0.4, -0.2) is 19.8 Å². The van der Waals surface area contributed by atoms with Crippen LogP contribution in [0, 0.1) is 11.3 Å². The topological polar surface area (TPSA) is 53.0 Å². The summed E-state index contributed by atoms with van der Waals surface area (Å²) in [4.78, 5) is 0.999. The van der Waals surface area contributed by atoms with Crippen molar-refractivity contribution in [2.24, 2.45) is 5.73 Å². The van der Waals surface area contributed by atoms with Gasteiger partial charge in [0.05, 0.1) is 11.3 Å². The highest BCUT2D eigenvalue weighted by atomic mass is 19.4. The van der Waals surface area contributed by atoms with E-state index < -0.39 is 12.7 Å². The summed E-state index contributed by atoms with van der Waals surface area (Å²) in [7, 11) is 1.30. The largest absolute Gasteiger partial charge is 0.405 e. The van der Waals surface area contributed by atoms with E-state index in [1.54, 1.807) is 6.07 Å². The normalized spacial score (nSPS) is 11.1. The van der Waals surface area contributed by atoms with Crippen LogP contribution >= 0.6 is 0 Å². The van der Waals surface area contributed by atoms with E-state index in [0.717, 1.165) is 4.90 Å². The molecule has 0 bridgehead atoms. The Kier molecular flexibility index (Phi) is 3.97. The quantitative estimate of drug-likeness (QED) is 0.883. The number of hydrogen-bond acceptors (Lipinski definition) is 3. The minimum absolute atomic E-state index is 0.194. The van der Waals surface area contributed by atoms with Gasteiger partial charge in [-0.3, -0.25) is 0 Å². The number of anilines is 1. The Bertz CT molecular complexity index is 435. The molecule has 0 aliphatic rings. The summed E-state index contributed by atoms with van der Waals surface area (Å²) in [6.07, 6.45) is -4.30. The fraction of sp³-hybridized carbons (Fsp3) is 0.364. The van der Waals surface area contributed by atoms with Crippen LogP contribution in [0.5, 0.6) is 0 Å². The molecule has 0 saturated heterocycles. The van der Waals surface area contributed by atoms with Crippen molar-refractivity contribution in [3.8, 4) is 6.07 Å². The summed E-state index contributed by atoms with van der Waals surface area (Å²) in [5, 5.41) is 8.89. The lowest BCUT2D eigenvalue weighted by atomic mass is 10.1. The molecule has 0 heterocycles. The molecule has 1 aromatic rings. The van der Waals surface area contributed by atoms with Gasteiger partial charge >= 0.3 is 6.18 Å². The molecule has 92 valence electrons. The summed E-state index contributed by atoms with van der Waals surface area (Å²) in [6, 6.07) is 6.47. The third-order valence-corrected chi connectivity index (χ3v) is 2.24. The first-order valence-corrected chi connectivity index (χ1v) is 4.88. The predicted octanol–water partition coefficient (Wildman–Crippen LogP) is 2.02. The van der Waals surface area contributed by atoms with Crippen molar-refractivity contribution in [2.45, 2.75) is 12.7 Å². The fourth-order valence-corrected chi connectivity index (χ4v) is 1.49. The van der Waals surface area contributed by atoms with E-state index in [9.17, 15) is 13.2 Å². The number of halogens is 3. The molecule has 1 rings (SSSR count). The van der Waals surface area contributed by atoms with Crippen molar-refractivity contribution >= 4 is 5.69 Å². The molecular formula is C11H12F3N3. The van der Waals surface area contributed by atoms with E-state index in [4.69, 9.17) is 11.0 Å². The van der Waals surface area contributed by atoms with Crippen molar-refractivity contribution in [3.05, 3.63) is 29.3 Å². The van der Waals surface area contributed by atoms with Crippen LogP contribution in [0.2, 0.25) is 0 Å². The standard InChI is InChI=1S/C11H12F3N3/c1-17(7-11(12,13)14)10-3-2-8(5-15)4-9(10)6-16/h2-4H,5,7,15H2,1H3. The van der Waals surface area contributed by atoms with Crippen molar-refractivity contribution in [1.29, 1.82) is 5.26 Å². The Morgan fingerprint density at radius 1 is 1.41 bits per heavy atom. The Hall–Kier alpha value is -1.74. The molecular weight excluding hydrogens is 231 g/mol. The molecule has 2 N–H and O–H groups in total. The number of nitrogens with two attached hydrogens (primary N) is 1. The number of benzene rings is 1. The molecule has 0 unspecified atom stereocenters. The first-order chi connectivity index (χ1) is 7.87. The number of nitriles is 1. The van der Waals surface area contributed by atoms with E-state index in [1.165, 1.54) is 19.2 Å². The summed E-state index contributed by atoms with van der Waals surface area (Å²) >= 11 is 0. The molecule has 0 amide bonds. The highest BCUT2D eigenvalue weighted by Crippen LogP contribution is 2.24. The molecule has 6 heteroatoms. The summed E-state index contributed by atoms with van der Waals surface area (Å²) < 4.78 is 36.7. The monoisotopic (exact) mass is 243 g/mol. The number of alkyl halides is 3. The van der Waals surface area contributed by atoms with Gasteiger partial charge in [0.15, 0.2) is 0 Å². The lowest BCUT2D eigenvalue weighted by Gasteiger charge is -2.22. The van der Waals surface area contributed by atoms with Gasteiger partial charge in [-0.15, -0.1) is 0 Å². The van der Waals surface area contributed by atoms with Gasteiger partial charge in [0, 0.05) is 13.6 Å². The average Bonchev–Trinajstić information content (AvgIpc) is 2.25. The molecule has 0 radical (unpaired) electrons. The minimum Gasteiger partial charge on any atom is -0.365 e. The Balaban J connectivity index is 3.02. The van der Waals surface area contributed by atoms with Crippen LogP contribution in [0.15, 0.2) is 18.2 Å². The van der Waals surface area contributed by atoms with E-state index in [2.05, 4.69) is 0 Å². The van der Waals surface area contributed by atoms with Crippen molar-refractivity contribution in [2.75, 3.05) is 18.5 Å². The zero-order chi connectivity index (χ0) is 13.1. The van der Waals surface area contributed by atoms with Gasteiger partial charge in [0.1, 0.15) is 12.6 Å². The van der Waals surface area contributed by atoms with Crippen molar-refractivity contribution < 1.29 is 13.2 Å². The third-order valence-electron chi connectivity index (χ3n) is 2.24. The van der Waals surface area contributed by atoms with Crippen LogP contribution in [0.4, 0.5) is 18.9 Å². The van der Waals surface area contributed by atoms with Crippen molar-refractivity contribution in [3.63, 3.8) is 0 Å². The maximum atomic E-state index is 12.2. The molecule has 0 spiro atoms.